The van der Waals surface area contributed by atoms with Crippen molar-refractivity contribution < 1.29 is 14.4 Å². The lowest BCUT2D eigenvalue weighted by Gasteiger charge is -2.26. The number of anilines is 1. The average Bonchev–Trinajstić information content (AvgIpc) is 3.80. The first kappa shape index (κ1) is 36.4. The maximum absolute atomic E-state index is 11.0. The third kappa shape index (κ3) is 11.3. The van der Waals surface area contributed by atoms with Crippen molar-refractivity contribution >= 4 is 23.6 Å². The maximum atomic E-state index is 11.0. The van der Waals surface area contributed by atoms with Crippen molar-refractivity contribution in [2.45, 2.75) is 92.3 Å². The molecule has 4 heterocycles. The van der Waals surface area contributed by atoms with Crippen molar-refractivity contribution in [3.8, 4) is 10.4 Å². The van der Waals surface area contributed by atoms with Crippen LogP contribution in [0.3, 0.4) is 0 Å². The van der Waals surface area contributed by atoms with Gasteiger partial charge in [-0.1, -0.05) is 64.0 Å². The fourth-order valence-corrected chi connectivity index (χ4v) is 5.94. The van der Waals surface area contributed by atoms with Gasteiger partial charge in [-0.2, -0.15) is 0 Å². The molecule has 3 aromatic rings. The van der Waals surface area contributed by atoms with Crippen LogP contribution in [0.2, 0.25) is 0 Å². The number of piperazine rings is 1. The van der Waals surface area contributed by atoms with Crippen LogP contribution in [0.15, 0.2) is 40.4 Å². The molecule has 0 aliphatic carbocycles. The molecule has 240 valence electrons. The summed E-state index contributed by atoms with van der Waals surface area (Å²) in [5.41, 5.74) is 5.40. The summed E-state index contributed by atoms with van der Waals surface area (Å²) in [5, 5.41) is 20.6. The molecule has 1 amide bonds. The molecule has 3 atom stereocenters. The molecule has 0 bridgehead atoms. The second-order valence-corrected chi connectivity index (χ2v) is 11.2. The zero-order valence-electron chi connectivity index (χ0n) is 27.3. The zero-order valence-corrected chi connectivity index (χ0v) is 28.1. The van der Waals surface area contributed by atoms with Gasteiger partial charge in [0.25, 0.3) is 0 Å². The van der Waals surface area contributed by atoms with Gasteiger partial charge in [0.2, 0.25) is 6.41 Å². The molecule has 3 N–H and O–H groups in total. The van der Waals surface area contributed by atoms with Crippen LogP contribution in [-0.4, -0.2) is 78.0 Å². The number of aromatic nitrogens is 2. The van der Waals surface area contributed by atoms with E-state index in [2.05, 4.69) is 69.9 Å². The molecule has 0 radical (unpaired) electrons. The van der Waals surface area contributed by atoms with Crippen molar-refractivity contribution in [2.24, 2.45) is 0 Å². The van der Waals surface area contributed by atoms with Crippen molar-refractivity contribution in [3.63, 3.8) is 0 Å². The number of benzene rings is 1. The Morgan fingerprint density at radius 1 is 1.19 bits per heavy atom. The van der Waals surface area contributed by atoms with E-state index in [1.54, 1.807) is 16.2 Å². The van der Waals surface area contributed by atoms with Gasteiger partial charge in [0.1, 0.15) is 5.76 Å². The summed E-state index contributed by atoms with van der Waals surface area (Å²) in [5.74, 6) is 2.00. The molecule has 0 saturated carbocycles. The number of aliphatic hydroxyl groups is 1. The lowest BCUT2D eigenvalue weighted by atomic mass is 10.0. The number of aliphatic hydroxyl groups excluding tert-OH is 1. The van der Waals surface area contributed by atoms with Crippen LogP contribution in [-0.2, 0) is 11.2 Å². The standard InChI is InChI=1S/C19H25N3O2S.C10H17N3O.2C2H6/c1-13(20-8-7-17-9-18(24)10-22(17)12-23)15-3-5-16(6-4-15)19-14(2)21-11-25-19;1-2-3-9-8-10(12-14-9)13-6-4-11-5-7-13;2*1-2/h3-6,11-13,17-18,20,24H,7-10H2,1-2H3;8,11H,2-7H2,1H3;2*1-2H3/t13-,17+,18?;;;/m0.../s1. The first-order valence-electron chi connectivity index (χ1n) is 16.0. The van der Waals surface area contributed by atoms with Crippen molar-refractivity contribution in [1.29, 1.82) is 0 Å². The molecule has 43 heavy (non-hydrogen) atoms. The van der Waals surface area contributed by atoms with Gasteiger partial charge < -0.3 is 30.1 Å². The summed E-state index contributed by atoms with van der Waals surface area (Å²) in [4.78, 5) is 20.5. The van der Waals surface area contributed by atoms with Gasteiger partial charge in [0, 0.05) is 57.3 Å². The van der Waals surface area contributed by atoms with Crippen LogP contribution in [0.1, 0.15) is 83.9 Å². The Bertz CT molecular complexity index is 1150. The number of amides is 1. The molecule has 2 aliphatic heterocycles. The fourth-order valence-electron chi connectivity index (χ4n) is 5.12. The van der Waals surface area contributed by atoms with E-state index in [9.17, 15) is 9.90 Å². The highest BCUT2D eigenvalue weighted by molar-refractivity contribution is 7.13. The molecule has 1 aromatic carbocycles. The highest BCUT2D eigenvalue weighted by Crippen LogP contribution is 2.28. The number of β-amino-alcohol motifs (C(OH)–C–C–N with tert-alkyl or cyclic N) is 1. The summed E-state index contributed by atoms with van der Waals surface area (Å²) < 4.78 is 5.25. The fraction of sp³-hybridized carbons (Fsp3) is 0.606. The van der Waals surface area contributed by atoms with Crippen molar-refractivity contribution in [1.82, 2.24) is 25.7 Å². The van der Waals surface area contributed by atoms with E-state index in [1.165, 1.54) is 16.0 Å². The minimum atomic E-state index is -0.379. The lowest BCUT2D eigenvalue weighted by Crippen LogP contribution is -2.43. The van der Waals surface area contributed by atoms with Gasteiger partial charge in [-0.15, -0.1) is 11.3 Å². The van der Waals surface area contributed by atoms with E-state index < -0.39 is 0 Å². The van der Waals surface area contributed by atoms with Crippen molar-refractivity contribution in [3.05, 3.63) is 52.9 Å². The van der Waals surface area contributed by atoms with Gasteiger partial charge in [-0.05, 0) is 50.8 Å². The summed E-state index contributed by atoms with van der Waals surface area (Å²) in [7, 11) is 0. The molecule has 0 spiro atoms. The minimum absolute atomic E-state index is 0.142. The van der Waals surface area contributed by atoms with Gasteiger partial charge in [-0.3, -0.25) is 4.79 Å². The van der Waals surface area contributed by atoms with E-state index >= 15 is 0 Å². The normalized spacial score (nSPS) is 18.4. The Balaban J connectivity index is 0.000000303. The summed E-state index contributed by atoms with van der Waals surface area (Å²) in [6.07, 6.45) is 4.10. The number of thiazole rings is 1. The SMILES string of the molecule is CC.CC.CCCc1cc(N2CCNCC2)no1.Cc1ncsc1-c1ccc([C@H](C)NCC[C@@H]2CC(O)CN2C=O)cc1. The van der Waals surface area contributed by atoms with Crippen molar-refractivity contribution in [2.75, 3.05) is 44.2 Å². The number of rotatable bonds is 10. The Morgan fingerprint density at radius 3 is 2.49 bits per heavy atom. The van der Waals surface area contributed by atoms with E-state index in [0.717, 1.165) is 75.7 Å². The molecule has 1 unspecified atom stereocenters. The zero-order chi connectivity index (χ0) is 31.6. The molecule has 2 aromatic heterocycles. The Kier molecular flexibility index (Phi) is 17.1. The molecule has 2 fully saturated rings. The number of hydrogen-bond donors (Lipinski definition) is 3. The second kappa shape index (κ2) is 20.2. The lowest BCUT2D eigenvalue weighted by molar-refractivity contribution is -0.119. The topological polar surface area (TPSA) is 107 Å². The first-order chi connectivity index (χ1) is 21.0. The Morgan fingerprint density at radius 2 is 1.88 bits per heavy atom. The van der Waals surface area contributed by atoms with Gasteiger partial charge in [-0.25, -0.2) is 4.98 Å². The molecular weight excluding hydrogens is 560 g/mol. The summed E-state index contributed by atoms with van der Waals surface area (Å²) >= 11 is 1.67. The summed E-state index contributed by atoms with van der Waals surface area (Å²) in [6.45, 7) is 19.7. The van der Waals surface area contributed by atoms with E-state index in [0.29, 0.717) is 13.0 Å². The third-order valence-electron chi connectivity index (χ3n) is 7.40. The van der Waals surface area contributed by atoms with Crippen LogP contribution in [0, 0.1) is 6.92 Å². The van der Waals surface area contributed by atoms with Crippen LogP contribution in [0.4, 0.5) is 5.82 Å². The molecule has 2 saturated heterocycles. The average molecular weight is 615 g/mol. The van der Waals surface area contributed by atoms with Crippen LogP contribution >= 0.6 is 11.3 Å². The molecule has 9 nitrogen and oxygen atoms in total. The van der Waals surface area contributed by atoms with E-state index in [1.807, 2.05) is 40.1 Å². The number of hydrogen-bond acceptors (Lipinski definition) is 9. The number of nitrogens with zero attached hydrogens (tertiary/aromatic N) is 4. The number of likely N-dealkylation sites (tertiary alicyclic amines) is 1. The molecule has 2 aliphatic rings. The number of carbonyl (C=O) groups is 1. The Hall–Kier alpha value is -2.79. The smallest absolute Gasteiger partial charge is 0.210 e. The monoisotopic (exact) mass is 614 g/mol. The number of carbonyl (C=O) groups excluding carboxylic acids is 1. The number of nitrogens with one attached hydrogen (secondary N) is 2. The minimum Gasteiger partial charge on any atom is -0.391 e. The largest absolute Gasteiger partial charge is 0.391 e. The van der Waals surface area contributed by atoms with Crippen LogP contribution in [0.5, 0.6) is 0 Å². The predicted octanol–water partition coefficient (Wildman–Crippen LogP) is 5.84. The number of aryl methyl sites for hydroxylation is 2. The van der Waals surface area contributed by atoms with E-state index in [4.69, 9.17) is 4.52 Å². The highest BCUT2D eigenvalue weighted by Gasteiger charge is 2.29. The van der Waals surface area contributed by atoms with Gasteiger partial charge in [0.15, 0.2) is 5.82 Å². The first-order valence-corrected chi connectivity index (χ1v) is 16.9. The summed E-state index contributed by atoms with van der Waals surface area (Å²) in [6, 6.07) is 11.1. The molecular formula is C33H54N6O3S. The predicted molar refractivity (Wildman–Crippen MR) is 179 cm³/mol. The quantitative estimate of drug-likeness (QED) is 0.245. The highest BCUT2D eigenvalue weighted by atomic mass is 32.1. The van der Waals surface area contributed by atoms with Crippen LogP contribution < -0.4 is 15.5 Å². The Labute approximate surface area is 263 Å². The van der Waals surface area contributed by atoms with Crippen LogP contribution in [0.25, 0.3) is 10.4 Å². The molecule has 5 rings (SSSR count). The van der Waals surface area contributed by atoms with E-state index in [-0.39, 0.29) is 18.2 Å². The second-order valence-electron chi connectivity index (χ2n) is 10.3. The maximum Gasteiger partial charge on any atom is 0.210 e. The van der Waals surface area contributed by atoms with Gasteiger partial charge >= 0.3 is 0 Å². The molecule has 10 heteroatoms. The third-order valence-corrected chi connectivity index (χ3v) is 8.38. The van der Waals surface area contributed by atoms with Gasteiger partial charge in [0.05, 0.1) is 22.2 Å².